The number of aromatic nitrogens is 6. The van der Waals surface area contributed by atoms with E-state index in [9.17, 15) is 4.79 Å². The number of halogens is 1. The molecule has 2 aromatic carbocycles. The maximum atomic E-state index is 12.2. The van der Waals surface area contributed by atoms with Crippen molar-refractivity contribution in [3.8, 4) is 11.4 Å². The van der Waals surface area contributed by atoms with E-state index in [0.717, 1.165) is 11.1 Å². The van der Waals surface area contributed by atoms with E-state index in [2.05, 4.69) is 31.0 Å². The molecule has 31 heavy (non-hydrogen) atoms. The molecule has 0 saturated carbocycles. The summed E-state index contributed by atoms with van der Waals surface area (Å²) in [5.74, 6) is 0.0591. The monoisotopic (exact) mass is 434 g/mol. The maximum absolute atomic E-state index is 12.2. The van der Waals surface area contributed by atoms with Crippen molar-refractivity contribution in [1.29, 1.82) is 0 Å². The molecule has 1 amide bonds. The molecule has 0 aliphatic carbocycles. The molecule has 0 unspecified atom stereocenters. The van der Waals surface area contributed by atoms with Crippen molar-refractivity contribution in [1.82, 2.24) is 35.4 Å². The van der Waals surface area contributed by atoms with Gasteiger partial charge in [0, 0.05) is 5.56 Å². The fourth-order valence-electron chi connectivity index (χ4n) is 2.92. The van der Waals surface area contributed by atoms with Gasteiger partial charge in [0.05, 0.1) is 24.0 Å². The van der Waals surface area contributed by atoms with Gasteiger partial charge in [0.15, 0.2) is 0 Å². The van der Waals surface area contributed by atoms with E-state index >= 15 is 0 Å². The third-order valence-corrected chi connectivity index (χ3v) is 4.84. The Morgan fingerprint density at radius 3 is 2.55 bits per heavy atom. The van der Waals surface area contributed by atoms with Gasteiger partial charge in [0.1, 0.15) is 11.7 Å². The smallest absolute Gasteiger partial charge is 0.263 e. The van der Waals surface area contributed by atoms with Gasteiger partial charge in [-0.1, -0.05) is 72.3 Å². The highest BCUT2D eigenvalue weighted by molar-refractivity contribution is 6.32. The second-order valence-corrected chi connectivity index (χ2v) is 7.09. The van der Waals surface area contributed by atoms with E-state index in [1.54, 1.807) is 4.68 Å². The maximum Gasteiger partial charge on any atom is 0.263 e. The Kier molecular flexibility index (Phi) is 6.13. The number of benzene rings is 2. The molecule has 0 atom stereocenters. The Morgan fingerprint density at radius 2 is 1.81 bits per heavy atom. The Balaban J connectivity index is 1.36. The Hall–Kier alpha value is -3.85. The van der Waals surface area contributed by atoms with Crippen LogP contribution < -0.4 is 5.43 Å². The number of aryl methyl sites for hydroxylation is 1. The topological polar surface area (TPSA) is 103 Å². The molecule has 2 aromatic heterocycles. The highest BCUT2D eigenvalue weighted by atomic mass is 35.5. The van der Waals surface area contributed by atoms with Crippen molar-refractivity contribution in [3.05, 3.63) is 82.6 Å². The molecule has 9 nitrogen and oxygen atoms in total. The highest BCUT2D eigenvalue weighted by Gasteiger charge is 2.13. The fraction of sp³-hybridized carbons (Fsp3) is 0.143. The van der Waals surface area contributed by atoms with Crippen molar-refractivity contribution in [3.63, 3.8) is 0 Å². The van der Waals surface area contributed by atoms with E-state index in [1.807, 2.05) is 67.6 Å². The number of carbonyl (C=O) groups is 1. The first-order valence-corrected chi connectivity index (χ1v) is 9.90. The molecule has 10 heteroatoms. The molecule has 4 rings (SSSR count). The molecule has 156 valence electrons. The molecule has 0 radical (unpaired) electrons. The third-order valence-electron chi connectivity index (χ3n) is 4.44. The van der Waals surface area contributed by atoms with Crippen molar-refractivity contribution in [2.45, 2.75) is 20.0 Å². The summed E-state index contributed by atoms with van der Waals surface area (Å²) in [4.78, 5) is 13.4. The van der Waals surface area contributed by atoms with Crippen molar-refractivity contribution in [2.24, 2.45) is 5.10 Å². The quantitative estimate of drug-likeness (QED) is 0.356. The van der Waals surface area contributed by atoms with Crippen molar-refractivity contribution in [2.75, 3.05) is 0 Å². The van der Waals surface area contributed by atoms with Crippen LogP contribution in [0.1, 0.15) is 16.8 Å². The standard InChI is InChI=1S/C21H19ClN8O/c1-15-18(20(22)29(26-15)13-16-8-4-2-5-9-16)12-23-24-19(31)14-30-27-21(25-28-30)17-10-6-3-7-11-17/h2-12H,13-14H2,1H3,(H,24,31)/b23-12-. The number of hydrogen-bond donors (Lipinski definition) is 1. The lowest BCUT2D eigenvalue weighted by Crippen LogP contribution is -2.24. The summed E-state index contributed by atoms with van der Waals surface area (Å²) in [6, 6.07) is 19.3. The average molecular weight is 435 g/mol. The van der Waals surface area contributed by atoms with Gasteiger partial charge < -0.3 is 0 Å². The second kappa shape index (κ2) is 9.31. The van der Waals surface area contributed by atoms with Crippen LogP contribution in [-0.4, -0.2) is 42.1 Å². The van der Waals surface area contributed by atoms with E-state index < -0.39 is 5.91 Å². The minimum Gasteiger partial charge on any atom is -0.271 e. The molecule has 2 heterocycles. The predicted molar refractivity (Wildman–Crippen MR) is 117 cm³/mol. The van der Waals surface area contributed by atoms with Gasteiger partial charge in [-0.15, -0.1) is 10.2 Å². The van der Waals surface area contributed by atoms with E-state index in [-0.39, 0.29) is 6.54 Å². The number of rotatable bonds is 7. The van der Waals surface area contributed by atoms with Crippen molar-refractivity contribution < 1.29 is 4.79 Å². The first kappa shape index (κ1) is 20.4. The molecule has 4 aromatic rings. The van der Waals surface area contributed by atoms with Crippen LogP contribution in [-0.2, 0) is 17.9 Å². The number of hydrazone groups is 1. The number of nitrogens with zero attached hydrogens (tertiary/aromatic N) is 7. The van der Waals surface area contributed by atoms with Crippen LogP contribution in [0.15, 0.2) is 65.8 Å². The Bertz CT molecular complexity index is 1200. The largest absolute Gasteiger partial charge is 0.271 e. The van der Waals surface area contributed by atoms with Crippen LogP contribution in [0.5, 0.6) is 0 Å². The van der Waals surface area contributed by atoms with Gasteiger partial charge in [0.2, 0.25) is 5.82 Å². The number of nitrogens with one attached hydrogen (secondary N) is 1. The summed E-state index contributed by atoms with van der Waals surface area (Å²) in [6.07, 6.45) is 1.48. The fourth-order valence-corrected chi connectivity index (χ4v) is 3.20. The zero-order chi connectivity index (χ0) is 21.6. The van der Waals surface area contributed by atoms with Crippen LogP contribution in [0.2, 0.25) is 5.15 Å². The van der Waals surface area contributed by atoms with Crippen LogP contribution in [0.25, 0.3) is 11.4 Å². The highest BCUT2D eigenvalue weighted by Crippen LogP contribution is 2.19. The number of tetrazole rings is 1. The number of carbonyl (C=O) groups excluding carboxylic acids is 1. The molecule has 0 aliphatic heterocycles. The summed E-state index contributed by atoms with van der Waals surface area (Å²) in [5, 5.41) is 21.0. The predicted octanol–water partition coefficient (Wildman–Crippen LogP) is 2.70. The van der Waals surface area contributed by atoms with Crippen LogP contribution in [0.3, 0.4) is 0 Å². The van der Waals surface area contributed by atoms with Gasteiger partial charge in [-0.25, -0.2) is 10.1 Å². The summed E-state index contributed by atoms with van der Waals surface area (Å²) in [7, 11) is 0. The molecule has 0 bridgehead atoms. The van der Waals surface area contributed by atoms with Crippen LogP contribution >= 0.6 is 11.6 Å². The Morgan fingerprint density at radius 1 is 1.10 bits per heavy atom. The van der Waals surface area contributed by atoms with Gasteiger partial charge in [-0.3, -0.25) is 4.79 Å². The number of amides is 1. The normalized spacial score (nSPS) is 11.2. The average Bonchev–Trinajstić information content (AvgIpc) is 3.35. The lowest BCUT2D eigenvalue weighted by molar-refractivity contribution is -0.122. The first-order valence-electron chi connectivity index (χ1n) is 9.52. The lowest BCUT2D eigenvalue weighted by Gasteiger charge is -2.03. The van der Waals surface area contributed by atoms with Gasteiger partial charge >= 0.3 is 0 Å². The van der Waals surface area contributed by atoms with E-state index in [0.29, 0.717) is 28.8 Å². The minimum atomic E-state index is -0.390. The van der Waals surface area contributed by atoms with Gasteiger partial charge in [-0.2, -0.15) is 15.0 Å². The lowest BCUT2D eigenvalue weighted by atomic mass is 10.2. The summed E-state index contributed by atoms with van der Waals surface area (Å²) >= 11 is 6.45. The number of hydrogen-bond acceptors (Lipinski definition) is 6. The van der Waals surface area contributed by atoms with Gasteiger partial charge in [0.25, 0.3) is 5.91 Å². The summed E-state index contributed by atoms with van der Waals surface area (Å²) in [6.45, 7) is 2.26. The van der Waals surface area contributed by atoms with E-state index in [1.165, 1.54) is 11.0 Å². The SMILES string of the molecule is Cc1nn(Cc2ccccc2)c(Cl)c1/C=N\NC(=O)Cn1nnc(-c2ccccc2)n1. The molecule has 0 fully saturated rings. The second-order valence-electron chi connectivity index (χ2n) is 6.74. The molecular weight excluding hydrogens is 416 g/mol. The summed E-state index contributed by atoms with van der Waals surface area (Å²) < 4.78 is 1.69. The Labute approximate surface area is 183 Å². The third kappa shape index (κ3) is 5.01. The van der Waals surface area contributed by atoms with Crippen LogP contribution in [0, 0.1) is 6.92 Å². The zero-order valence-corrected chi connectivity index (χ0v) is 17.4. The van der Waals surface area contributed by atoms with Gasteiger partial charge in [-0.05, 0) is 17.7 Å². The summed E-state index contributed by atoms with van der Waals surface area (Å²) in [5.41, 5.74) is 5.71. The first-order chi connectivity index (χ1) is 15.1. The molecule has 0 aliphatic rings. The minimum absolute atomic E-state index is 0.114. The molecular formula is C21H19ClN8O. The van der Waals surface area contributed by atoms with Crippen molar-refractivity contribution >= 4 is 23.7 Å². The van der Waals surface area contributed by atoms with E-state index in [4.69, 9.17) is 11.6 Å². The molecule has 0 saturated heterocycles. The molecule has 1 N–H and O–H groups in total. The van der Waals surface area contributed by atoms with Crippen LogP contribution in [0.4, 0.5) is 0 Å². The zero-order valence-electron chi connectivity index (χ0n) is 16.7. The molecule has 0 spiro atoms.